The second-order valence-corrected chi connectivity index (χ2v) is 6.29. The van der Waals surface area contributed by atoms with Gasteiger partial charge in [-0.1, -0.05) is 6.07 Å². The summed E-state index contributed by atoms with van der Waals surface area (Å²) in [6, 6.07) is 5.93. The van der Waals surface area contributed by atoms with Gasteiger partial charge in [0.05, 0.1) is 24.4 Å². The highest BCUT2D eigenvalue weighted by molar-refractivity contribution is 5.94. The van der Waals surface area contributed by atoms with Crippen molar-refractivity contribution in [2.24, 2.45) is 0 Å². The maximum Gasteiger partial charge on any atom is 0.274 e. The van der Waals surface area contributed by atoms with Crippen LogP contribution in [0, 0.1) is 5.82 Å². The number of carbonyl (C=O) groups excluding carboxylic acids is 1. The Kier molecular flexibility index (Phi) is 5.03. The van der Waals surface area contributed by atoms with Crippen molar-refractivity contribution >= 4 is 5.91 Å². The fraction of sp³-hybridized carbons (Fsp3) is 0.444. The van der Waals surface area contributed by atoms with Crippen molar-refractivity contribution in [1.82, 2.24) is 15.1 Å². The van der Waals surface area contributed by atoms with Crippen molar-refractivity contribution in [3.63, 3.8) is 0 Å². The number of hydrogen-bond donors (Lipinski definition) is 1. The standard InChI is InChI=1S/C18H22FN3O3/c1-11-9-15-16(12(2)25-11)20-21-17(15)18(23)22(3)7-8-24-14-6-4-5-13(19)10-14/h4-6,10-12H,7-9H2,1-3H3,(H,20,21)/t11-,12+/m1/s1. The molecule has 1 aromatic carbocycles. The van der Waals surface area contributed by atoms with Crippen LogP contribution in [0.4, 0.5) is 4.39 Å². The van der Waals surface area contributed by atoms with Crippen molar-refractivity contribution < 1.29 is 18.7 Å². The minimum atomic E-state index is -0.351. The van der Waals surface area contributed by atoms with E-state index in [0.717, 1.165) is 11.3 Å². The first-order valence-electron chi connectivity index (χ1n) is 8.32. The number of likely N-dealkylation sites (N-methyl/N-ethyl adjacent to an activating group) is 1. The van der Waals surface area contributed by atoms with E-state index in [1.165, 1.54) is 12.1 Å². The van der Waals surface area contributed by atoms with Crippen LogP contribution < -0.4 is 4.74 Å². The van der Waals surface area contributed by atoms with Crippen LogP contribution in [-0.2, 0) is 11.2 Å². The average molecular weight is 347 g/mol. The van der Waals surface area contributed by atoms with Crippen LogP contribution in [0.3, 0.4) is 0 Å². The molecule has 1 aromatic heterocycles. The number of carbonyl (C=O) groups is 1. The molecule has 0 bridgehead atoms. The Labute approximate surface area is 145 Å². The molecule has 0 saturated carbocycles. The summed E-state index contributed by atoms with van der Waals surface area (Å²) in [6.07, 6.45) is 0.605. The lowest BCUT2D eigenvalue weighted by atomic mass is 9.99. The number of H-pyrrole nitrogens is 1. The number of hydrogen-bond acceptors (Lipinski definition) is 4. The molecule has 0 spiro atoms. The molecular weight excluding hydrogens is 325 g/mol. The van der Waals surface area contributed by atoms with Crippen LogP contribution in [0.2, 0.25) is 0 Å². The minimum Gasteiger partial charge on any atom is -0.492 e. The minimum absolute atomic E-state index is 0.0493. The van der Waals surface area contributed by atoms with Crippen LogP contribution in [0.1, 0.15) is 41.7 Å². The molecular formula is C18H22FN3O3. The number of rotatable bonds is 5. The van der Waals surface area contributed by atoms with Crippen molar-refractivity contribution in [1.29, 1.82) is 0 Å². The molecule has 2 aromatic rings. The van der Waals surface area contributed by atoms with Gasteiger partial charge in [0.1, 0.15) is 18.2 Å². The number of halogens is 1. The third-order valence-corrected chi connectivity index (χ3v) is 4.27. The fourth-order valence-electron chi connectivity index (χ4n) is 2.99. The van der Waals surface area contributed by atoms with Gasteiger partial charge in [-0.3, -0.25) is 9.89 Å². The number of benzene rings is 1. The third-order valence-electron chi connectivity index (χ3n) is 4.27. The van der Waals surface area contributed by atoms with E-state index < -0.39 is 0 Å². The molecule has 0 unspecified atom stereocenters. The number of nitrogens with zero attached hydrogens (tertiary/aromatic N) is 2. The topological polar surface area (TPSA) is 67.5 Å². The summed E-state index contributed by atoms with van der Waals surface area (Å²) >= 11 is 0. The summed E-state index contributed by atoms with van der Waals surface area (Å²) in [5.41, 5.74) is 2.23. The van der Waals surface area contributed by atoms with Crippen LogP contribution >= 0.6 is 0 Å². The van der Waals surface area contributed by atoms with Crippen molar-refractivity contribution in [3.8, 4) is 5.75 Å². The number of aromatic amines is 1. The first-order valence-corrected chi connectivity index (χ1v) is 8.32. The van der Waals surface area contributed by atoms with Crippen molar-refractivity contribution in [3.05, 3.63) is 47.0 Å². The smallest absolute Gasteiger partial charge is 0.274 e. The first kappa shape index (κ1) is 17.4. The van der Waals surface area contributed by atoms with E-state index in [2.05, 4.69) is 10.2 Å². The van der Waals surface area contributed by atoms with Crippen molar-refractivity contribution in [2.45, 2.75) is 32.5 Å². The largest absolute Gasteiger partial charge is 0.492 e. The Morgan fingerprint density at radius 2 is 2.28 bits per heavy atom. The van der Waals surface area contributed by atoms with E-state index in [1.807, 2.05) is 13.8 Å². The molecule has 3 rings (SSSR count). The van der Waals surface area contributed by atoms with Crippen LogP contribution in [-0.4, -0.2) is 47.3 Å². The van der Waals surface area contributed by atoms with Crippen LogP contribution in [0.5, 0.6) is 5.75 Å². The Balaban J connectivity index is 1.61. The summed E-state index contributed by atoms with van der Waals surface area (Å²) in [6.45, 7) is 4.57. The van der Waals surface area contributed by atoms with Gasteiger partial charge in [0.15, 0.2) is 5.69 Å². The molecule has 1 N–H and O–H groups in total. The molecule has 25 heavy (non-hydrogen) atoms. The molecule has 134 valence electrons. The molecule has 2 atom stereocenters. The van der Waals surface area contributed by atoms with Gasteiger partial charge in [-0.2, -0.15) is 5.10 Å². The average Bonchev–Trinajstić information content (AvgIpc) is 2.98. The van der Waals surface area contributed by atoms with E-state index in [9.17, 15) is 9.18 Å². The van der Waals surface area contributed by atoms with Gasteiger partial charge in [-0.25, -0.2) is 4.39 Å². The Morgan fingerprint density at radius 1 is 1.48 bits per heavy atom. The highest BCUT2D eigenvalue weighted by Crippen LogP contribution is 2.30. The van der Waals surface area contributed by atoms with Crippen molar-refractivity contribution in [2.75, 3.05) is 20.2 Å². The third kappa shape index (κ3) is 3.82. The Morgan fingerprint density at radius 3 is 3.04 bits per heavy atom. The summed E-state index contributed by atoms with van der Waals surface area (Å²) in [5.74, 6) is -0.0741. The van der Waals surface area contributed by atoms with E-state index in [0.29, 0.717) is 24.4 Å². The molecule has 0 saturated heterocycles. The zero-order chi connectivity index (χ0) is 18.0. The molecule has 0 aliphatic carbocycles. The summed E-state index contributed by atoms with van der Waals surface area (Å²) < 4.78 is 24.4. The van der Waals surface area contributed by atoms with Gasteiger partial charge >= 0.3 is 0 Å². The number of amides is 1. The molecule has 1 aliphatic heterocycles. The normalized spacial score (nSPS) is 19.4. The first-order chi connectivity index (χ1) is 12.0. The zero-order valence-electron chi connectivity index (χ0n) is 14.6. The van der Waals surface area contributed by atoms with Gasteiger partial charge in [-0.15, -0.1) is 0 Å². The Hall–Kier alpha value is -2.41. The molecule has 6 nitrogen and oxygen atoms in total. The lowest BCUT2D eigenvalue weighted by Crippen LogP contribution is -2.32. The zero-order valence-corrected chi connectivity index (χ0v) is 14.6. The highest BCUT2D eigenvalue weighted by Gasteiger charge is 2.30. The molecule has 1 amide bonds. The highest BCUT2D eigenvalue weighted by atomic mass is 19.1. The SMILES string of the molecule is C[C@@H]1Cc2c(C(=O)N(C)CCOc3cccc(F)c3)n[nH]c2[C@H](C)O1. The predicted molar refractivity (Wildman–Crippen MR) is 90.1 cm³/mol. The summed E-state index contributed by atoms with van der Waals surface area (Å²) in [7, 11) is 1.70. The van der Waals surface area contributed by atoms with Gasteiger partial charge in [0.2, 0.25) is 0 Å². The van der Waals surface area contributed by atoms with E-state index in [4.69, 9.17) is 9.47 Å². The molecule has 0 radical (unpaired) electrons. The van der Waals surface area contributed by atoms with Gasteiger partial charge in [-0.05, 0) is 26.0 Å². The van der Waals surface area contributed by atoms with Crippen LogP contribution in [0.25, 0.3) is 0 Å². The summed E-state index contributed by atoms with van der Waals surface area (Å²) in [5, 5.41) is 7.12. The quantitative estimate of drug-likeness (QED) is 0.903. The monoisotopic (exact) mass is 347 g/mol. The maximum absolute atomic E-state index is 13.1. The Bertz CT molecular complexity index is 762. The second kappa shape index (κ2) is 7.23. The van der Waals surface area contributed by atoms with Gasteiger partial charge < -0.3 is 14.4 Å². The fourth-order valence-corrected chi connectivity index (χ4v) is 2.99. The lowest BCUT2D eigenvalue weighted by Gasteiger charge is -2.25. The van der Waals surface area contributed by atoms with E-state index in [1.54, 1.807) is 24.1 Å². The predicted octanol–water partition coefficient (Wildman–Crippen LogP) is 2.72. The second-order valence-electron chi connectivity index (χ2n) is 6.29. The number of nitrogens with one attached hydrogen (secondary N) is 1. The summed E-state index contributed by atoms with van der Waals surface area (Å²) in [4.78, 5) is 14.2. The van der Waals surface area contributed by atoms with E-state index in [-0.39, 0.29) is 30.5 Å². The lowest BCUT2D eigenvalue weighted by molar-refractivity contribution is -0.00701. The number of ether oxygens (including phenoxy) is 2. The van der Waals surface area contributed by atoms with Gasteiger partial charge in [0, 0.05) is 25.1 Å². The molecule has 1 aliphatic rings. The number of fused-ring (bicyclic) bond motifs is 1. The molecule has 0 fully saturated rings. The maximum atomic E-state index is 13.1. The van der Waals surface area contributed by atoms with E-state index >= 15 is 0 Å². The molecule has 2 heterocycles. The van der Waals surface area contributed by atoms with Gasteiger partial charge in [0.25, 0.3) is 5.91 Å². The van der Waals surface area contributed by atoms with Crippen LogP contribution in [0.15, 0.2) is 24.3 Å². The number of aromatic nitrogens is 2. The molecule has 7 heteroatoms.